The van der Waals surface area contributed by atoms with Gasteiger partial charge in [-0.2, -0.15) is 0 Å². The van der Waals surface area contributed by atoms with Crippen LogP contribution < -0.4 is 5.32 Å². The molecule has 0 bridgehead atoms. The van der Waals surface area contributed by atoms with Crippen LogP contribution in [0, 0.1) is 12.8 Å². The van der Waals surface area contributed by atoms with Gasteiger partial charge in [-0.3, -0.25) is 4.79 Å². The molecular formula is C15H19NO3. The molecule has 0 aromatic heterocycles. The van der Waals surface area contributed by atoms with Crippen molar-refractivity contribution < 1.29 is 14.7 Å². The number of rotatable bonds is 5. The van der Waals surface area contributed by atoms with Crippen LogP contribution in [0.25, 0.3) is 6.08 Å². The van der Waals surface area contributed by atoms with Crippen molar-refractivity contribution in [3.05, 3.63) is 41.0 Å². The molecule has 2 N–H and O–H groups in total. The highest BCUT2D eigenvalue weighted by Gasteiger charge is 2.07. The van der Waals surface area contributed by atoms with Crippen LogP contribution in [0.4, 0.5) is 0 Å². The second-order valence-electron chi connectivity index (χ2n) is 4.85. The molecular weight excluding hydrogens is 242 g/mol. The van der Waals surface area contributed by atoms with Gasteiger partial charge in [0.25, 0.3) is 5.91 Å². The molecule has 19 heavy (non-hydrogen) atoms. The predicted octanol–water partition coefficient (Wildman–Crippen LogP) is 2.48. The van der Waals surface area contributed by atoms with E-state index in [2.05, 4.69) is 5.32 Å². The molecule has 1 amide bonds. The van der Waals surface area contributed by atoms with Crippen molar-refractivity contribution in [1.29, 1.82) is 0 Å². The maximum Gasteiger partial charge on any atom is 0.328 e. The van der Waals surface area contributed by atoms with Gasteiger partial charge in [0.05, 0.1) is 0 Å². The Labute approximate surface area is 113 Å². The minimum Gasteiger partial charge on any atom is -0.478 e. The molecule has 4 heteroatoms. The Hall–Kier alpha value is -2.10. The number of hydrogen-bond acceptors (Lipinski definition) is 2. The topological polar surface area (TPSA) is 66.4 Å². The summed E-state index contributed by atoms with van der Waals surface area (Å²) >= 11 is 0. The molecule has 1 aromatic carbocycles. The Morgan fingerprint density at radius 3 is 2.58 bits per heavy atom. The van der Waals surface area contributed by atoms with E-state index in [4.69, 9.17) is 5.11 Å². The fourth-order valence-electron chi connectivity index (χ4n) is 1.56. The minimum absolute atomic E-state index is 0.106. The molecule has 0 heterocycles. The molecule has 0 saturated carbocycles. The number of nitrogens with one attached hydrogen (secondary N) is 1. The molecule has 1 rings (SSSR count). The fourth-order valence-corrected chi connectivity index (χ4v) is 1.56. The molecule has 0 radical (unpaired) electrons. The van der Waals surface area contributed by atoms with Gasteiger partial charge in [0.1, 0.15) is 0 Å². The van der Waals surface area contributed by atoms with Gasteiger partial charge >= 0.3 is 5.97 Å². The number of carbonyl (C=O) groups is 2. The van der Waals surface area contributed by atoms with Gasteiger partial charge in [-0.15, -0.1) is 0 Å². The summed E-state index contributed by atoms with van der Waals surface area (Å²) in [5.74, 6) is -0.688. The first-order valence-corrected chi connectivity index (χ1v) is 6.20. The molecule has 0 aliphatic carbocycles. The summed E-state index contributed by atoms with van der Waals surface area (Å²) in [6.07, 6.45) is 2.61. The van der Waals surface area contributed by atoms with Gasteiger partial charge in [-0.25, -0.2) is 4.79 Å². The number of carboxylic acids is 1. The zero-order valence-electron chi connectivity index (χ0n) is 11.4. The summed E-state index contributed by atoms with van der Waals surface area (Å²) in [6.45, 7) is 6.55. The first-order valence-electron chi connectivity index (χ1n) is 6.20. The third-order valence-electron chi connectivity index (χ3n) is 2.61. The van der Waals surface area contributed by atoms with E-state index in [9.17, 15) is 9.59 Å². The number of hydrogen-bond donors (Lipinski definition) is 2. The lowest BCUT2D eigenvalue weighted by Crippen LogP contribution is -2.27. The van der Waals surface area contributed by atoms with Crippen LogP contribution in [0.15, 0.2) is 24.3 Å². The van der Waals surface area contributed by atoms with Crippen LogP contribution in [0.5, 0.6) is 0 Å². The number of aryl methyl sites for hydroxylation is 1. The zero-order valence-corrected chi connectivity index (χ0v) is 11.4. The van der Waals surface area contributed by atoms with E-state index in [0.29, 0.717) is 18.0 Å². The van der Waals surface area contributed by atoms with Crippen LogP contribution in [0.2, 0.25) is 0 Å². The van der Waals surface area contributed by atoms with Crippen LogP contribution in [-0.2, 0) is 4.79 Å². The summed E-state index contributed by atoms with van der Waals surface area (Å²) in [7, 11) is 0. The number of benzene rings is 1. The molecule has 0 atom stereocenters. The highest BCUT2D eigenvalue weighted by molar-refractivity contribution is 5.95. The highest BCUT2D eigenvalue weighted by atomic mass is 16.4. The third-order valence-corrected chi connectivity index (χ3v) is 2.61. The summed E-state index contributed by atoms with van der Waals surface area (Å²) in [5, 5.41) is 11.4. The Morgan fingerprint density at radius 2 is 2.05 bits per heavy atom. The van der Waals surface area contributed by atoms with Gasteiger partial charge in [-0.05, 0) is 42.2 Å². The lowest BCUT2D eigenvalue weighted by atomic mass is 10.0. The second-order valence-corrected chi connectivity index (χ2v) is 4.85. The maximum absolute atomic E-state index is 11.9. The number of carboxylic acid groups (broad SMARTS) is 1. The molecule has 0 fully saturated rings. The predicted molar refractivity (Wildman–Crippen MR) is 75.0 cm³/mol. The normalized spacial score (nSPS) is 10.9. The van der Waals surface area contributed by atoms with E-state index in [1.165, 1.54) is 6.08 Å². The zero-order chi connectivity index (χ0) is 14.4. The van der Waals surface area contributed by atoms with E-state index in [1.54, 1.807) is 18.2 Å². The highest BCUT2D eigenvalue weighted by Crippen LogP contribution is 2.13. The average molecular weight is 261 g/mol. The van der Waals surface area contributed by atoms with Crippen LogP contribution in [0.3, 0.4) is 0 Å². The van der Waals surface area contributed by atoms with Gasteiger partial charge < -0.3 is 10.4 Å². The van der Waals surface area contributed by atoms with Crippen molar-refractivity contribution in [3.63, 3.8) is 0 Å². The lowest BCUT2D eigenvalue weighted by Gasteiger charge is -2.09. The van der Waals surface area contributed by atoms with E-state index in [1.807, 2.05) is 20.8 Å². The first kappa shape index (κ1) is 15.0. The van der Waals surface area contributed by atoms with Crippen molar-refractivity contribution in [2.45, 2.75) is 20.8 Å². The van der Waals surface area contributed by atoms with Gasteiger partial charge in [0, 0.05) is 18.2 Å². The molecule has 1 aromatic rings. The largest absolute Gasteiger partial charge is 0.478 e. The van der Waals surface area contributed by atoms with Gasteiger partial charge in [-0.1, -0.05) is 19.9 Å². The SMILES string of the molecule is Cc1cc(C(=O)NCC(C)C)ccc1/C=C/C(=O)O. The van der Waals surface area contributed by atoms with E-state index in [-0.39, 0.29) is 5.91 Å². The fraction of sp³-hybridized carbons (Fsp3) is 0.333. The van der Waals surface area contributed by atoms with Crippen molar-refractivity contribution >= 4 is 18.0 Å². The van der Waals surface area contributed by atoms with Crippen molar-refractivity contribution in [3.8, 4) is 0 Å². The van der Waals surface area contributed by atoms with Crippen LogP contribution in [0.1, 0.15) is 35.3 Å². The molecule has 0 unspecified atom stereocenters. The maximum atomic E-state index is 11.9. The van der Waals surface area contributed by atoms with Crippen LogP contribution >= 0.6 is 0 Å². The number of carbonyl (C=O) groups excluding carboxylic acids is 1. The number of amides is 1. The standard InChI is InChI=1S/C15H19NO3/c1-10(2)9-16-15(19)13-5-4-12(11(3)8-13)6-7-14(17)18/h4-8,10H,9H2,1-3H3,(H,16,19)(H,17,18)/b7-6+. The molecule has 4 nitrogen and oxygen atoms in total. The molecule has 0 aliphatic heterocycles. The Balaban J connectivity index is 2.81. The Kier molecular flexibility index (Phi) is 5.30. The quantitative estimate of drug-likeness (QED) is 0.800. The summed E-state index contributed by atoms with van der Waals surface area (Å²) < 4.78 is 0. The Morgan fingerprint density at radius 1 is 1.37 bits per heavy atom. The van der Waals surface area contributed by atoms with Gasteiger partial charge in [0.15, 0.2) is 0 Å². The van der Waals surface area contributed by atoms with Gasteiger partial charge in [0.2, 0.25) is 0 Å². The summed E-state index contributed by atoms with van der Waals surface area (Å²) in [4.78, 5) is 22.3. The van der Waals surface area contributed by atoms with E-state index in [0.717, 1.165) is 17.2 Å². The van der Waals surface area contributed by atoms with E-state index < -0.39 is 5.97 Å². The molecule has 102 valence electrons. The van der Waals surface area contributed by atoms with Crippen molar-refractivity contribution in [2.75, 3.05) is 6.54 Å². The second kappa shape index (κ2) is 6.73. The monoisotopic (exact) mass is 261 g/mol. The lowest BCUT2D eigenvalue weighted by molar-refractivity contribution is -0.131. The number of aliphatic carboxylic acids is 1. The molecule has 0 aliphatic rings. The molecule has 0 saturated heterocycles. The first-order chi connectivity index (χ1) is 8.90. The average Bonchev–Trinajstić information content (AvgIpc) is 2.34. The Bertz CT molecular complexity index is 504. The summed E-state index contributed by atoms with van der Waals surface area (Å²) in [5.41, 5.74) is 2.25. The third kappa shape index (κ3) is 4.95. The smallest absolute Gasteiger partial charge is 0.328 e. The molecule has 0 spiro atoms. The summed E-state index contributed by atoms with van der Waals surface area (Å²) in [6, 6.07) is 5.21. The van der Waals surface area contributed by atoms with Crippen LogP contribution in [-0.4, -0.2) is 23.5 Å². The van der Waals surface area contributed by atoms with E-state index >= 15 is 0 Å². The minimum atomic E-state index is -0.988. The van der Waals surface area contributed by atoms with Crippen molar-refractivity contribution in [1.82, 2.24) is 5.32 Å². The van der Waals surface area contributed by atoms with Crippen molar-refractivity contribution in [2.24, 2.45) is 5.92 Å².